The maximum atomic E-state index is 12.5. The van der Waals surface area contributed by atoms with Crippen molar-refractivity contribution < 1.29 is 9.21 Å². The highest BCUT2D eigenvalue weighted by Crippen LogP contribution is 2.39. The summed E-state index contributed by atoms with van der Waals surface area (Å²) in [6, 6.07) is 18.4. The SMILES string of the molecule is CCc1ccc(N2C(S)=C(C#N)C(=O)NC2c2ccc(-c3cc(Cl)ccc3Cl)o2)cc1. The van der Waals surface area contributed by atoms with Crippen molar-refractivity contribution in [3.8, 4) is 17.4 Å². The van der Waals surface area contributed by atoms with Crippen molar-refractivity contribution in [1.29, 1.82) is 5.26 Å². The van der Waals surface area contributed by atoms with E-state index in [0.717, 1.165) is 12.1 Å². The normalized spacial score (nSPS) is 16.3. The predicted molar refractivity (Wildman–Crippen MR) is 125 cm³/mol. The number of nitriles is 1. The van der Waals surface area contributed by atoms with Crippen molar-refractivity contribution in [3.05, 3.63) is 86.6 Å². The molecule has 1 aromatic heterocycles. The van der Waals surface area contributed by atoms with Crippen LogP contribution in [0.3, 0.4) is 0 Å². The fraction of sp³-hybridized carbons (Fsp3) is 0.130. The lowest BCUT2D eigenvalue weighted by Gasteiger charge is -2.36. The number of amides is 1. The van der Waals surface area contributed by atoms with Crippen LogP contribution in [0, 0.1) is 11.3 Å². The Balaban J connectivity index is 1.79. The van der Waals surface area contributed by atoms with E-state index in [-0.39, 0.29) is 10.6 Å². The van der Waals surface area contributed by atoms with E-state index in [1.807, 2.05) is 30.3 Å². The third-order valence-corrected chi connectivity index (χ3v) is 6.03. The van der Waals surface area contributed by atoms with Crippen LogP contribution in [-0.4, -0.2) is 5.91 Å². The van der Waals surface area contributed by atoms with E-state index in [0.29, 0.717) is 27.1 Å². The van der Waals surface area contributed by atoms with Gasteiger partial charge in [-0.2, -0.15) is 5.26 Å². The Morgan fingerprint density at radius 3 is 2.58 bits per heavy atom. The molecule has 31 heavy (non-hydrogen) atoms. The summed E-state index contributed by atoms with van der Waals surface area (Å²) in [4.78, 5) is 14.3. The molecule has 2 aromatic carbocycles. The summed E-state index contributed by atoms with van der Waals surface area (Å²) in [6.07, 6.45) is 0.200. The molecular formula is C23H17Cl2N3O2S. The van der Waals surface area contributed by atoms with Gasteiger partial charge in [0.15, 0.2) is 6.17 Å². The standard InChI is InChI=1S/C23H17Cl2N3O2S/c1-2-13-3-6-15(7-4-13)28-21(27-22(29)17(12-26)23(28)31)20-10-9-19(30-20)16-11-14(24)5-8-18(16)25/h3-11,21,31H,2H2,1H3,(H,27,29). The topological polar surface area (TPSA) is 69.3 Å². The summed E-state index contributed by atoms with van der Waals surface area (Å²) in [6.45, 7) is 2.07. The molecule has 1 amide bonds. The first-order valence-corrected chi connectivity index (χ1v) is 10.7. The molecule has 0 saturated carbocycles. The number of anilines is 1. The summed E-state index contributed by atoms with van der Waals surface area (Å²) >= 11 is 16.9. The molecule has 156 valence electrons. The fourth-order valence-corrected chi connectivity index (χ4v) is 4.16. The summed E-state index contributed by atoms with van der Waals surface area (Å²) < 4.78 is 6.07. The maximum Gasteiger partial charge on any atom is 0.266 e. The van der Waals surface area contributed by atoms with Crippen LogP contribution in [0.5, 0.6) is 0 Å². The summed E-state index contributed by atoms with van der Waals surface area (Å²) in [5.74, 6) is 0.453. The average molecular weight is 470 g/mol. The van der Waals surface area contributed by atoms with Crippen LogP contribution in [0.15, 0.2) is 69.6 Å². The third kappa shape index (κ3) is 4.05. The fourth-order valence-electron chi connectivity index (χ4n) is 3.40. The molecule has 0 spiro atoms. The van der Waals surface area contributed by atoms with Crippen LogP contribution in [0.25, 0.3) is 11.3 Å². The number of carbonyl (C=O) groups is 1. The molecule has 1 aliphatic heterocycles. The predicted octanol–water partition coefficient (Wildman–Crippen LogP) is 6.12. The van der Waals surface area contributed by atoms with Crippen molar-refractivity contribution in [3.63, 3.8) is 0 Å². The molecule has 2 heterocycles. The Bertz CT molecular complexity index is 1230. The molecule has 3 aromatic rings. The third-order valence-electron chi connectivity index (χ3n) is 5.03. The van der Waals surface area contributed by atoms with E-state index >= 15 is 0 Å². The molecule has 1 aliphatic rings. The number of benzene rings is 2. The van der Waals surface area contributed by atoms with E-state index in [4.69, 9.17) is 27.6 Å². The minimum absolute atomic E-state index is 0.0659. The van der Waals surface area contributed by atoms with Crippen molar-refractivity contribution in [1.82, 2.24) is 5.32 Å². The highest BCUT2D eigenvalue weighted by molar-refractivity contribution is 7.84. The Hall–Kier alpha value is -2.85. The van der Waals surface area contributed by atoms with Crippen molar-refractivity contribution in [2.75, 3.05) is 4.90 Å². The maximum absolute atomic E-state index is 12.5. The van der Waals surface area contributed by atoms with Gasteiger partial charge in [0.05, 0.1) is 10.1 Å². The molecule has 0 bridgehead atoms. The van der Waals surface area contributed by atoms with Crippen molar-refractivity contribution >= 4 is 47.4 Å². The number of furan rings is 1. The van der Waals surface area contributed by atoms with Gasteiger partial charge in [0.1, 0.15) is 23.2 Å². The van der Waals surface area contributed by atoms with Gasteiger partial charge in [-0.3, -0.25) is 4.79 Å². The second kappa shape index (κ2) is 8.72. The molecule has 4 rings (SSSR count). The quantitative estimate of drug-likeness (QED) is 0.451. The molecular weight excluding hydrogens is 453 g/mol. The van der Waals surface area contributed by atoms with Gasteiger partial charge in [-0.15, -0.1) is 12.6 Å². The molecule has 5 nitrogen and oxygen atoms in total. The molecule has 1 atom stereocenters. The van der Waals surface area contributed by atoms with Crippen LogP contribution in [0.2, 0.25) is 10.0 Å². The number of carbonyl (C=O) groups excluding carboxylic acids is 1. The van der Waals surface area contributed by atoms with E-state index in [2.05, 4.69) is 24.9 Å². The van der Waals surface area contributed by atoms with Crippen LogP contribution in [-0.2, 0) is 11.2 Å². The first kappa shape index (κ1) is 21.4. The van der Waals surface area contributed by atoms with Crippen LogP contribution in [0.1, 0.15) is 24.4 Å². The van der Waals surface area contributed by atoms with Crippen molar-refractivity contribution in [2.24, 2.45) is 0 Å². The van der Waals surface area contributed by atoms with E-state index in [1.165, 1.54) is 5.56 Å². The Morgan fingerprint density at radius 2 is 1.90 bits per heavy atom. The number of aryl methyl sites for hydroxylation is 1. The van der Waals surface area contributed by atoms with Gasteiger partial charge in [-0.05, 0) is 54.4 Å². The number of nitrogens with one attached hydrogen (secondary N) is 1. The minimum atomic E-state index is -0.698. The zero-order chi connectivity index (χ0) is 22.1. The van der Waals surface area contributed by atoms with Gasteiger partial charge < -0.3 is 14.6 Å². The molecule has 0 fully saturated rings. The van der Waals surface area contributed by atoms with Gasteiger partial charge >= 0.3 is 0 Å². The van der Waals surface area contributed by atoms with Crippen LogP contribution < -0.4 is 10.2 Å². The van der Waals surface area contributed by atoms with Crippen LogP contribution in [0.4, 0.5) is 5.69 Å². The lowest BCUT2D eigenvalue weighted by Crippen LogP contribution is -2.45. The molecule has 0 saturated heterocycles. The molecule has 0 radical (unpaired) electrons. The van der Waals surface area contributed by atoms with E-state index in [9.17, 15) is 10.1 Å². The lowest BCUT2D eigenvalue weighted by molar-refractivity contribution is -0.118. The first-order chi connectivity index (χ1) is 14.9. The lowest BCUT2D eigenvalue weighted by atomic mass is 10.1. The summed E-state index contributed by atoms with van der Waals surface area (Å²) in [7, 11) is 0. The van der Waals surface area contributed by atoms with Crippen LogP contribution >= 0.6 is 35.8 Å². The molecule has 1 unspecified atom stereocenters. The van der Waals surface area contributed by atoms with Gasteiger partial charge in [-0.25, -0.2) is 0 Å². The number of hydrogen-bond acceptors (Lipinski definition) is 5. The average Bonchev–Trinajstić information content (AvgIpc) is 3.25. The van der Waals surface area contributed by atoms with Gasteiger partial charge in [0, 0.05) is 16.3 Å². The molecule has 1 N–H and O–H groups in total. The van der Waals surface area contributed by atoms with E-state index in [1.54, 1.807) is 35.2 Å². The second-order valence-electron chi connectivity index (χ2n) is 6.90. The Morgan fingerprint density at radius 1 is 1.16 bits per heavy atom. The Labute approximate surface area is 195 Å². The number of halogens is 2. The first-order valence-electron chi connectivity index (χ1n) is 9.50. The number of nitrogens with zero attached hydrogens (tertiary/aromatic N) is 2. The van der Waals surface area contributed by atoms with Gasteiger partial charge in [-0.1, -0.05) is 42.3 Å². The highest BCUT2D eigenvalue weighted by atomic mass is 35.5. The minimum Gasteiger partial charge on any atom is -0.457 e. The largest absolute Gasteiger partial charge is 0.457 e. The smallest absolute Gasteiger partial charge is 0.266 e. The molecule has 0 aliphatic carbocycles. The van der Waals surface area contributed by atoms with Crippen molar-refractivity contribution in [2.45, 2.75) is 19.5 Å². The summed E-state index contributed by atoms with van der Waals surface area (Å²) in [5, 5.41) is 13.6. The van der Waals surface area contributed by atoms with Gasteiger partial charge in [0.25, 0.3) is 5.91 Å². The second-order valence-corrected chi connectivity index (χ2v) is 8.17. The highest BCUT2D eigenvalue weighted by Gasteiger charge is 2.35. The van der Waals surface area contributed by atoms with Gasteiger partial charge in [0.2, 0.25) is 0 Å². The van der Waals surface area contributed by atoms with E-state index < -0.39 is 12.1 Å². The zero-order valence-corrected chi connectivity index (χ0v) is 18.8. The number of rotatable bonds is 4. The summed E-state index contributed by atoms with van der Waals surface area (Å²) in [5.41, 5.74) is 2.51. The Kier molecular flexibility index (Phi) is 6.01. The number of hydrogen-bond donors (Lipinski definition) is 2. The molecule has 8 heteroatoms. The number of thiol groups is 1. The monoisotopic (exact) mass is 469 g/mol. The zero-order valence-electron chi connectivity index (χ0n) is 16.4.